The Hall–Kier alpha value is -2.35. The number of aliphatic carboxylic acids is 1. The van der Waals surface area contributed by atoms with E-state index in [-0.39, 0.29) is 17.8 Å². The number of methoxy groups -OCH3 is 1. The summed E-state index contributed by atoms with van der Waals surface area (Å²) in [4.78, 5) is 11.1. The van der Waals surface area contributed by atoms with Crippen LogP contribution in [0.1, 0.15) is 12.5 Å². The van der Waals surface area contributed by atoms with Crippen molar-refractivity contribution in [2.75, 3.05) is 7.11 Å². The third-order valence-electron chi connectivity index (χ3n) is 2.96. The molecule has 0 aliphatic carbocycles. The van der Waals surface area contributed by atoms with Gasteiger partial charge in [-0.3, -0.25) is 4.31 Å². The van der Waals surface area contributed by atoms with Crippen molar-refractivity contribution in [2.24, 2.45) is 4.40 Å². The van der Waals surface area contributed by atoms with E-state index in [0.717, 1.165) is 10.5 Å². The zero-order chi connectivity index (χ0) is 15.6. The van der Waals surface area contributed by atoms with Crippen molar-refractivity contribution >= 4 is 21.9 Å². The van der Waals surface area contributed by atoms with E-state index in [4.69, 9.17) is 9.84 Å². The van der Waals surface area contributed by atoms with Crippen molar-refractivity contribution in [3.8, 4) is 5.75 Å². The molecule has 0 saturated carbocycles. The Morgan fingerprint density at radius 1 is 1.38 bits per heavy atom. The van der Waals surface area contributed by atoms with E-state index < -0.39 is 16.2 Å². The molecule has 0 amide bonds. The highest BCUT2D eigenvalue weighted by Crippen LogP contribution is 2.24. The minimum atomic E-state index is -3.94. The van der Waals surface area contributed by atoms with Crippen LogP contribution in [0.4, 0.5) is 0 Å². The standard InChI is InChI=1S/C13H14N2O5S/c1-9-11(13(16)17)8-15(21(18,19)14-9)7-10-5-3-4-6-12(10)20-2/h3-6,8H,7H2,1-2H3,(H,16,17). The molecular formula is C13H14N2O5S. The Bertz CT molecular complexity index is 737. The minimum Gasteiger partial charge on any atom is -0.496 e. The fourth-order valence-corrected chi connectivity index (χ4v) is 3.01. The molecule has 1 heterocycles. The molecule has 21 heavy (non-hydrogen) atoms. The van der Waals surface area contributed by atoms with Crippen molar-refractivity contribution in [3.05, 3.63) is 41.6 Å². The number of carboxylic acid groups (broad SMARTS) is 1. The van der Waals surface area contributed by atoms with Crippen molar-refractivity contribution in [2.45, 2.75) is 13.5 Å². The summed E-state index contributed by atoms with van der Waals surface area (Å²) in [6.45, 7) is 1.29. The SMILES string of the molecule is COc1ccccc1CN1C=C(C(=O)O)C(C)=NS1(=O)=O. The van der Waals surface area contributed by atoms with E-state index in [2.05, 4.69) is 4.40 Å². The molecule has 0 spiro atoms. The molecule has 0 atom stereocenters. The first-order chi connectivity index (χ1) is 9.85. The molecular weight excluding hydrogens is 296 g/mol. The van der Waals surface area contributed by atoms with Crippen LogP contribution in [0.5, 0.6) is 5.75 Å². The highest BCUT2D eigenvalue weighted by atomic mass is 32.2. The number of rotatable bonds is 4. The highest BCUT2D eigenvalue weighted by Gasteiger charge is 2.28. The predicted molar refractivity (Wildman–Crippen MR) is 76.3 cm³/mol. The van der Waals surface area contributed by atoms with Crippen LogP contribution < -0.4 is 4.74 Å². The third-order valence-corrected chi connectivity index (χ3v) is 4.29. The van der Waals surface area contributed by atoms with Crippen LogP contribution in [0, 0.1) is 0 Å². The fraction of sp³-hybridized carbons (Fsp3) is 0.231. The maximum Gasteiger partial charge on any atom is 0.344 e. The first-order valence-electron chi connectivity index (χ1n) is 6.01. The van der Waals surface area contributed by atoms with Gasteiger partial charge in [-0.25, -0.2) is 4.79 Å². The smallest absolute Gasteiger partial charge is 0.344 e. The summed E-state index contributed by atoms with van der Waals surface area (Å²) < 4.78 is 33.6. The van der Waals surface area contributed by atoms with E-state index in [1.807, 2.05) is 0 Å². The summed E-state index contributed by atoms with van der Waals surface area (Å²) in [5.41, 5.74) is 0.415. The van der Waals surface area contributed by atoms with Gasteiger partial charge in [-0.2, -0.15) is 8.42 Å². The van der Waals surface area contributed by atoms with Gasteiger partial charge in [0, 0.05) is 11.8 Å². The summed E-state index contributed by atoms with van der Waals surface area (Å²) in [6, 6.07) is 6.90. The molecule has 0 aromatic heterocycles. The molecule has 0 radical (unpaired) electrons. The molecule has 0 saturated heterocycles. The lowest BCUT2D eigenvalue weighted by atomic mass is 10.2. The molecule has 0 unspecified atom stereocenters. The lowest BCUT2D eigenvalue weighted by Gasteiger charge is -2.23. The number of para-hydroxylation sites is 1. The second-order valence-electron chi connectivity index (χ2n) is 4.36. The van der Waals surface area contributed by atoms with E-state index in [1.54, 1.807) is 24.3 Å². The summed E-state index contributed by atoms with van der Waals surface area (Å²) in [5, 5.41) is 9.07. The Morgan fingerprint density at radius 3 is 2.67 bits per heavy atom. The van der Waals surface area contributed by atoms with Crippen molar-refractivity contribution < 1.29 is 23.1 Å². The maximum atomic E-state index is 12.0. The van der Waals surface area contributed by atoms with Crippen LogP contribution in [0.25, 0.3) is 0 Å². The fourth-order valence-electron chi connectivity index (χ4n) is 1.92. The average molecular weight is 310 g/mol. The first-order valence-corrected chi connectivity index (χ1v) is 7.40. The van der Waals surface area contributed by atoms with Gasteiger partial charge in [-0.05, 0) is 13.0 Å². The van der Waals surface area contributed by atoms with Gasteiger partial charge in [0.2, 0.25) is 0 Å². The van der Waals surface area contributed by atoms with E-state index >= 15 is 0 Å². The molecule has 1 N–H and O–H groups in total. The van der Waals surface area contributed by atoms with Gasteiger partial charge in [0.1, 0.15) is 5.75 Å². The Kier molecular flexibility index (Phi) is 3.99. The summed E-state index contributed by atoms with van der Waals surface area (Å²) in [7, 11) is -2.46. The Balaban J connectivity index is 2.41. The number of hydrogen-bond acceptors (Lipinski definition) is 4. The number of benzene rings is 1. The first kappa shape index (κ1) is 15.0. The minimum absolute atomic E-state index is 0.0428. The van der Waals surface area contributed by atoms with Crippen molar-refractivity contribution in [1.29, 1.82) is 0 Å². The summed E-state index contributed by atoms with van der Waals surface area (Å²) >= 11 is 0. The number of ether oxygens (including phenoxy) is 1. The summed E-state index contributed by atoms with van der Waals surface area (Å²) in [6.07, 6.45) is 1.08. The van der Waals surface area contributed by atoms with Crippen LogP contribution in [-0.2, 0) is 21.5 Å². The van der Waals surface area contributed by atoms with Crippen molar-refractivity contribution in [3.63, 3.8) is 0 Å². The Labute approximate surface area is 122 Å². The van der Waals surface area contributed by atoms with E-state index in [0.29, 0.717) is 11.3 Å². The monoisotopic (exact) mass is 310 g/mol. The van der Waals surface area contributed by atoms with Crippen LogP contribution >= 0.6 is 0 Å². The third kappa shape index (κ3) is 3.05. The van der Waals surface area contributed by atoms with E-state index in [9.17, 15) is 13.2 Å². The lowest BCUT2D eigenvalue weighted by Crippen LogP contribution is -2.31. The number of carbonyl (C=O) groups is 1. The van der Waals surface area contributed by atoms with Gasteiger partial charge >= 0.3 is 16.2 Å². The van der Waals surface area contributed by atoms with Gasteiger partial charge in [0.15, 0.2) is 0 Å². The van der Waals surface area contributed by atoms with Gasteiger partial charge < -0.3 is 9.84 Å². The van der Waals surface area contributed by atoms with Crippen LogP contribution in [-0.4, -0.2) is 36.6 Å². The molecule has 1 aromatic rings. The molecule has 8 heteroatoms. The second kappa shape index (κ2) is 5.57. The number of carboxylic acids is 1. The van der Waals surface area contributed by atoms with Gasteiger partial charge in [0.05, 0.1) is 24.9 Å². The largest absolute Gasteiger partial charge is 0.496 e. The average Bonchev–Trinajstić information content (AvgIpc) is 2.41. The van der Waals surface area contributed by atoms with Gasteiger partial charge in [-0.15, -0.1) is 4.40 Å². The molecule has 1 aromatic carbocycles. The molecule has 7 nitrogen and oxygen atoms in total. The maximum absolute atomic E-state index is 12.0. The van der Waals surface area contributed by atoms with Crippen LogP contribution in [0.15, 0.2) is 40.4 Å². The topological polar surface area (TPSA) is 96.3 Å². The predicted octanol–water partition coefficient (Wildman–Crippen LogP) is 1.19. The highest BCUT2D eigenvalue weighted by molar-refractivity contribution is 7.88. The molecule has 1 aliphatic heterocycles. The van der Waals surface area contributed by atoms with Gasteiger partial charge in [-0.1, -0.05) is 18.2 Å². The second-order valence-corrected chi connectivity index (χ2v) is 5.91. The van der Waals surface area contributed by atoms with Crippen LogP contribution in [0.2, 0.25) is 0 Å². The quantitative estimate of drug-likeness (QED) is 0.901. The number of hydrogen-bond donors (Lipinski definition) is 1. The Morgan fingerprint density at radius 2 is 2.05 bits per heavy atom. The molecule has 1 aliphatic rings. The lowest BCUT2D eigenvalue weighted by molar-refractivity contribution is -0.132. The zero-order valence-electron chi connectivity index (χ0n) is 11.5. The van der Waals surface area contributed by atoms with E-state index in [1.165, 1.54) is 14.0 Å². The zero-order valence-corrected chi connectivity index (χ0v) is 12.3. The molecule has 2 rings (SSSR count). The summed E-state index contributed by atoms with van der Waals surface area (Å²) in [5.74, 6) is -0.708. The molecule has 0 bridgehead atoms. The normalized spacial score (nSPS) is 17.0. The molecule has 112 valence electrons. The molecule has 0 fully saturated rings. The van der Waals surface area contributed by atoms with Crippen molar-refractivity contribution in [1.82, 2.24) is 4.31 Å². The van der Waals surface area contributed by atoms with Gasteiger partial charge in [0.25, 0.3) is 0 Å². The van der Waals surface area contributed by atoms with Crippen LogP contribution in [0.3, 0.4) is 0 Å². The number of nitrogens with zero attached hydrogens (tertiary/aromatic N) is 2.